The molecule has 0 aliphatic rings. The molecular weight excluding hydrogens is 283 g/mol. The minimum atomic E-state index is -5.07. The minimum Gasteiger partial charge on any atom is -0.341 e. The first-order valence-electron chi connectivity index (χ1n) is 5.22. The summed E-state index contributed by atoms with van der Waals surface area (Å²) in [7, 11) is 1.28. The normalized spacial score (nSPS) is 12.7. The number of halogens is 3. The average molecular weight is 293 g/mol. The number of Topliss-reactive ketones (excluding diaryl/α,β-unsaturated/α-hetero) is 1. The van der Waals surface area contributed by atoms with Gasteiger partial charge in [-0.15, -0.1) is 5.10 Å². The molecule has 0 bridgehead atoms. The van der Waals surface area contributed by atoms with Crippen molar-refractivity contribution >= 4 is 17.7 Å². The number of rotatable bonds is 3. The second-order valence-corrected chi connectivity index (χ2v) is 3.66. The number of nitrogens with one attached hydrogen (secondary N) is 2. The summed E-state index contributed by atoms with van der Waals surface area (Å²) < 4.78 is 37.2. The van der Waals surface area contributed by atoms with E-state index in [1.165, 1.54) is 14.0 Å². The molecule has 2 N–H and O–H groups in total. The smallest absolute Gasteiger partial charge is 0.341 e. The van der Waals surface area contributed by atoms with Gasteiger partial charge >= 0.3 is 12.2 Å². The molecule has 1 aromatic rings. The molecular formula is C9H10F3N5O3. The Morgan fingerprint density at radius 1 is 1.35 bits per heavy atom. The SMILES string of the molecule is CNC(=O)NC(=O)C(C)n1cc(C(=O)C(F)(F)F)nn1. The van der Waals surface area contributed by atoms with E-state index in [4.69, 9.17) is 0 Å². The highest BCUT2D eigenvalue weighted by atomic mass is 19.4. The largest absolute Gasteiger partial charge is 0.456 e. The summed E-state index contributed by atoms with van der Waals surface area (Å²) in [4.78, 5) is 33.3. The highest BCUT2D eigenvalue weighted by molar-refractivity contribution is 5.98. The summed E-state index contributed by atoms with van der Waals surface area (Å²) in [5.41, 5.74) is -0.933. The van der Waals surface area contributed by atoms with Crippen LogP contribution in [0.2, 0.25) is 0 Å². The fourth-order valence-corrected chi connectivity index (χ4v) is 1.11. The van der Waals surface area contributed by atoms with Crippen molar-refractivity contribution in [2.75, 3.05) is 7.05 Å². The zero-order valence-electron chi connectivity index (χ0n) is 10.4. The molecule has 3 amide bonds. The average Bonchev–Trinajstić information content (AvgIpc) is 2.84. The number of nitrogens with zero attached hydrogens (tertiary/aromatic N) is 3. The molecule has 11 heteroatoms. The number of ketones is 1. The Kier molecular flexibility index (Phi) is 4.42. The number of urea groups is 1. The van der Waals surface area contributed by atoms with Crippen molar-refractivity contribution in [2.24, 2.45) is 0 Å². The van der Waals surface area contributed by atoms with Crippen molar-refractivity contribution in [1.82, 2.24) is 25.6 Å². The first-order valence-corrected chi connectivity index (χ1v) is 5.22. The molecule has 110 valence electrons. The van der Waals surface area contributed by atoms with E-state index in [0.29, 0.717) is 6.20 Å². The van der Waals surface area contributed by atoms with Gasteiger partial charge in [-0.25, -0.2) is 9.48 Å². The molecule has 0 aliphatic carbocycles. The molecule has 20 heavy (non-hydrogen) atoms. The van der Waals surface area contributed by atoms with Crippen molar-refractivity contribution < 1.29 is 27.6 Å². The molecule has 1 aromatic heterocycles. The molecule has 0 fully saturated rings. The molecule has 0 aliphatic heterocycles. The van der Waals surface area contributed by atoms with Crippen LogP contribution in [0.15, 0.2) is 6.20 Å². The van der Waals surface area contributed by atoms with Gasteiger partial charge < -0.3 is 5.32 Å². The summed E-state index contributed by atoms with van der Waals surface area (Å²) in [6.07, 6.45) is -4.39. The number of alkyl halides is 3. The van der Waals surface area contributed by atoms with E-state index in [1.54, 1.807) is 0 Å². The van der Waals surface area contributed by atoms with E-state index >= 15 is 0 Å². The maximum Gasteiger partial charge on any atom is 0.456 e. The van der Waals surface area contributed by atoms with Crippen molar-refractivity contribution in [2.45, 2.75) is 19.1 Å². The highest BCUT2D eigenvalue weighted by Gasteiger charge is 2.41. The molecule has 0 aromatic carbocycles. The van der Waals surface area contributed by atoms with Gasteiger partial charge in [0.1, 0.15) is 6.04 Å². The standard InChI is InChI=1S/C9H10F3N5O3/c1-4(7(19)14-8(20)13-2)17-3-5(15-16-17)6(18)9(10,11)12/h3-4H,1-2H3,(H2,13,14,19,20). The van der Waals surface area contributed by atoms with Gasteiger partial charge in [0.2, 0.25) is 0 Å². The van der Waals surface area contributed by atoms with Gasteiger partial charge in [-0.05, 0) is 6.92 Å². The number of imide groups is 1. The number of aromatic nitrogens is 3. The lowest BCUT2D eigenvalue weighted by Gasteiger charge is -2.10. The van der Waals surface area contributed by atoms with E-state index in [1.807, 2.05) is 5.32 Å². The predicted octanol–water partition coefficient (Wildman–Crippen LogP) is 0.0397. The summed E-state index contributed by atoms with van der Waals surface area (Å²) in [5, 5.41) is 10.3. The highest BCUT2D eigenvalue weighted by Crippen LogP contribution is 2.20. The van der Waals surface area contributed by atoms with Crippen LogP contribution in [0.1, 0.15) is 23.5 Å². The summed E-state index contributed by atoms with van der Waals surface area (Å²) >= 11 is 0. The van der Waals surface area contributed by atoms with Crippen LogP contribution < -0.4 is 10.6 Å². The van der Waals surface area contributed by atoms with Crippen LogP contribution in [0, 0.1) is 0 Å². The minimum absolute atomic E-state index is 0.684. The number of hydrogen-bond acceptors (Lipinski definition) is 5. The Morgan fingerprint density at radius 3 is 2.45 bits per heavy atom. The maximum absolute atomic E-state index is 12.2. The molecule has 1 rings (SSSR count). The molecule has 0 radical (unpaired) electrons. The van der Waals surface area contributed by atoms with Gasteiger partial charge in [0.15, 0.2) is 5.69 Å². The maximum atomic E-state index is 12.2. The monoisotopic (exact) mass is 293 g/mol. The Morgan fingerprint density at radius 2 is 1.95 bits per heavy atom. The van der Waals surface area contributed by atoms with Gasteiger partial charge in [-0.3, -0.25) is 14.9 Å². The fraction of sp³-hybridized carbons (Fsp3) is 0.444. The van der Waals surface area contributed by atoms with E-state index in [9.17, 15) is 27.6 Å². The van der Waals surface area contributed by atoms with E-state index in [-0.39, 0.29) is 0 Å². The van der Waals surface area contributed by atoms with E-state index < -0.39 is 35.6 Å². The van der Waals surface area contributed by atoms with Crippen molar-refractivity contribution in [3.63, 3.8) is 0 Å². The molecule has 1 atom stereocenters. The summed E-state index contributed by atoms with van der Waals surface area (Å²) in [6.45, 7) is 1.27. The topological polar surface area (TPSA) is 106 Å². The van der Waals surface area contributed by atoms with Crippen LogP contribution in [0.5, 0.6) is 0 Å². The number of hydrogen-bond donors (Lipinski definition) is 2. The van der Waals surface area contributed by atoms with Crippen LogP contribution in [0.25, 0.3) is 0 Å². The first-order chi connectivity index (χ1) is 9.16. The fourth-order valence-electron chi connectivity index (χ4n) is 1.11. The van der Waals surface area contributed by atoms with Crippen LogP contribution in [-0.2, 0) is 4.79 Å². The van der Waals surface area contributed by atoms with Gasteiger partial charge in [-0.2, -0.15) is 13.2 Å². The Labute approximate surface area is 110 Å². The predicted molar refractivity (Wildman–Crippen MR) is 57.7 cm³/mol. The third-order valence-corrected chi connectivity index (χ3v) is 2.24. The van der Waals surface area contributed by atoms with Crippen LogP contribution in [-0.4, -0.2) is 45.9 Å². The Hall–Kier alpha value is -2.46. The summed E-state index contributed by atoms with van der Waals surface area (Å²) in [5.74, 6) is -2.98. The third-order valence-electron chi connectivity index (χ3n) is 2.24. The lowest BCUT2D eigenvalue weighted by atomic mass is 10.3. The van der Waals surface area contributed by atoms with Crippen molar-refractivity contribution in [3.8, 4) is 0 Å². The molecule has 1 unspecified atom stereocenters. The van der Waals surface area contributed by atoms with Crippen LogP contribution >= 0.6 is 0 Å². The second kappa shape index (κ2) is 5.67. The lowest BCUT2D eigenvalue weighted by Crippen LogP contribution is -2.41. The van der Waals surface area contributed by atoms with Gasteiger partial charge in [-0.1, -0.05) is 5.21 Å². The Balaban J connectivity index is 2.84. The van der Waals surface area contributed by atoms with Gasteiger partial charge in [0.05, 0.1) is 6.20 Å². The second-order valence-electron chi connectivity index (χ2n) is 3.66. The summed E-state index contributed by atoms with van der Waals surface area (Å²) in [6, 6.07) is -1.90. The molecule has 1 heterocycles. The molecule has 0 saturated carbocycles. The number of carbonyl (C=O) groups is 3. The molecule has 0 saturated heterocycles. The Bertz CT molecular complexity index is 539. The van der Waals surface area contributed by atoms with E-state index in [2.05, 4.69) is 15.6 Å². The lowest BCUT2D eigenvalue weighted by molar-refractivity contribution is -0.123. The van der Waals surface area contributed by atoms with Crippen LogP contribution in [0.4, 0.5) is 18.0 Å². The molecule has 0 spiro atoms. The zero-order valence-corrected chi connectivity index (χ0v) is 10.4. The van der Waals surface area contributed by atoms with Gasteiger partial charge in [0.25, 0.3) is 11.7 Å². The van der Waals surface area contributed by atoms with Crippen molar-refractivity contribution in [1.29, 1.82) is 0 Å². The van der Waals surface area contributed by atoms with Crippen LogP contribution in [0.3, 0.4) is 0 Å². The van der Waals surface area contributed by atoms with Gasteiger partial charge in [0, 0.05) is 7.05 Å². The third kappa shape index (κ3) is 3.52. The molecule has 8 nitrogen and oxygen atoms in total. The number of carbonyl (C=O) groups excluding carboxylic acids is 3. The number of amides is 3. The zero-order chi connectivity index (χ0) is 15.5. The van der Waals surface area contributed by atoms with Crippen molar-refractivity contribution in [3.05, 3.63) is 11.9 Å². The van der Waals surface area contributed by atoms with E-state index in [0.717, 1.165) is 4.68 Å². The quantitative estimate of drug-likeness (QED) is 0.765. The first kappa shape index (κ1) is 15.6.